The molecule has 1 aromatic rings. The van der Waals surface area contributed by atoms with Crippen LogP contribution in [0.25, 0.3) is 0 Å². The van der Waals surface area contributed by atoms with Gasteiger partial charge in [0.05, 0.1) is 5.56 Å². The maximum absolute atomic E-state index is 11.1. The predicted molar refractivity (Wildman–Crippen MR) is 60.9 cm³/mol. The zero-order valence-corrected chi connectivity index (χ0v) is 9.15. The summed E-state index contributed by atoms with van der Waals surface area (Å²) in [4.78, 5) is 11.1. The van der Waals surface area contributed by atoms with Crippen LogP contribution in [0, 0.1) is 0 Å². The standard InChI is InChI=1S/C13H16O3/c14-10-6-7-11(13(15)16)12(8-10)9-4-2-1-3-5-9/h6-9,14H,1-5H2,(H,15,16). The van der Waals surface area contributed by atoms with Crippen LogP contribution in [0.1, 0.15) is 53.9 Å². The first kappa shape index (κ1) is 11.0. The number of carbonyl (C=O) groups is 1. The molecule has 0 saturated heterocycles. The molecule has 0 radical (unpaired) electrons. The van der Waals surface area contributed by atoms with Gasteiger partial charge >= 0.3 is 5.97 Å². The minimum atomic E-state index is -0.902. The highest BCUT2D eigenvalue weighted by Gasteiger charge is 2.21. The van der Waals surface area contributed by atoms with Crippen LogP contribution in [0.15, 0.2) is 18.2 Å². The van der Waals surface area contributed by atoms with Crippen molar-refractivity contribution in [2.24, 2.45) is 0 Å². The van der Waals surface area contributed by atoms with E-state index >= 15 is 0 Å². The Labute approximate surface area is 94.7 Å². The average Bonchev–Trinajstić information content (AvgIpc) is 2.29. The monoisotopic (exact) mass is 220 g/mol. The number of carboxylic acids is 1. The van der Waals surface area contributed by atoms with E-state index in [-0.39, 0.29) is 5.75 Å². The summed E-state index contributed by atoms with van der Waals surface area (Å²) >= 11 is 0. The number of carboxylic acid groups (broad SMARTS) is 1. The number of aromatic carboxylic acids is 1. The van der Waals surface area contributed by atoms with Gasteiger partial charge in [-0.15, -0.1) is 0 Å². The van der Waals surface area contributed by atoms with Crippen molar-refractivity contribution in [1.82, 2.24) is 0 Å². The summed E-state index contributed by atoms with van der Waals surface area (Å²) < 4.78 is 0. The molecule has 0 bridgehead atoms. The third kappa shape index (κ3) is 2.18. The van der Waals surface area contributed by atoms with E-state index in [1.165, 1.54) is 18.6 Å². The van der Waals surface area contributed by atoms with E-state index < -0.39 is 5.97 Å². The second kappa shape index (κ2) is 4.56. The van der Waals surface area contributed by atoms with Crippen LogP contribution >= 0.6 is 0 Å². The van der Waals surface area contributed by atoms with E-state index in [0.29, 0.717) is 11.5 Å². The zero-order valence-electron chi connectivity index (χ0n) is 9.15. The van der Waals surface area contributed by atoms with Gasteiger partial charge < -0.3 is 10.2 Å². The number of hydrogen-bond donors (Lipinski definition) is 2. The van der Waals surface area contributed by atoms with Gasteiger partial charge in [-0.25, -0.2) is 4.79 Å². The molecule has 1 aromatic carbocycles. The van der Waals surface area contributed by atoms with Crippen LogP contribution in [0.5, 0.6) is 5.75 Å². The molecule has 0 amide bonds. The Hall–Kier alpha value is -1.51. The largest absolute Gasteiger partial charge is 0.508 e. The van der Waals surface area contributed by atoms with Gasteiger partial charge in [0.15, 0.2) is 0 Å². The molecule has 86 valence electrons. The molecule has 1 fully saturated rings. The lowest BCUT2D eigenvalue weighted by Gasteiger charge is -2.23. The van der Waals surface area contributed by atoms with Crippen LogP contribution in [0.4, 0.5) is 0 Å². The van der Waals surface area contributed by atoms with E-state index in [0.717, 1.165) is 31.2 Å². The lowest BCUT2D eigenvalue weighted by molar-refractivity contribution is 0.0694. The Morgan fingerprint density at radius 1 is 1.19 bits per heavy atom. The molecule has 2 N–H and O–H groups in total. The molecule has 1 saturated carbocycles. The van der Waals surface area contributed by atoms with E-state index in [9.17, 15) is 9.90 Å². The molecular weight excluding hydrogens is 204 g/mol. The summed E-state index contributed by atoms with van der Waals surface area (Å²) in [6.45, 7) is 0. The molecule has 1 aliphatic rings. The normalized spacial score (nSPS) is 17.2. The lowest BCUT2D eigenvalue weighted by atomic mass is 9.82. The topological polar surface area (TPSA) is 57.5 Å². The van der Waals surface area contributed by atoms with E-state index in [2.05, 4.69) is 0 Å². The lowest BCUT2D eigenvalue weighted by Crippen LogP contribution is -2.10. The second-order valence-corrected chi connectivity index (χ2v) is 4.41. The second-order valence-electron chi connectivity index (χ2n) is 4.41. The van der Waals surface area contributed by atoms with Gasteiger partial charge in [0.25, 0.3) is 0 Å². The smallest absolute Gasteiger partial charge is 0.335 e. The Morgan fingerprint density at radius 2 is 1.88 bits per heavy atom. The zero-order chi connectivity index (χ0) is 11.5. The maximum atomic E-state index is 11.1. The van der Waals surface area contributed by atoms with E-state index in [4.69, 9.17) is 5.11 Å². The van der Waals surface area contributed by atoms with Crippen LogP contribution in [-0.2, 0) is 0 Å². The first-order valence-corrected chi connectivity index (χ1v) is 5.74. The van der Waals surface area contributed by atoms with Crippen LogP contribution < -0.4 is 0 Å². The van der Waals surface area contributed by atoms with Crippen LogP contribution in [0.2, 0.25) is 0 Å². The van der Waals surface area contributed by atoms with E-state index in [1.807, 2.05) is 0 Å². The predicted octanol–water partition coefficient (Wildman–Crippen LogP) is 3.14. The molecule has 3 heteroatoms. The maximum Gasteiger partial charge on any atom is 0.335 e. The van der Waals surface area contributed by atoms with Crippen molar-refractivity contribution in [3.8, 4) is 5.75 Å². The van der Waals surface area contributed by atoms with E-state index in [1.54, 1.807) is 6.07 Å². The number of phenols is 1. The van der Waals surface area contributed by atoms with Crippen LogP contribution in [-0.4, -0.2) is 16.2 Å². The summed E-state index contributed by atoms with van der Waals surface area (Å²) in [6.07, 6.45) is 5.60. The van der Waals surface area contributed by atoms with Gasteiger partial charge in [0.2, 0.25) is 0 Å². The van der Waals surface area contributed by atoms with Crippen molar-refractivity contribution in [1.29, 1.82) is 0 Å². The number of benzene rings is 1. The number of rotatable bonds is 2. The minimum Gasteiger partial charge on any atom is -0.508 e. The summed E-state index contributed by atoms with van der Waals surface area (Å²) in [5, 5.41) is 18.6. The minimum absolute atomic E-state index is 0.158. The summed E-state index contributed by atoms with van der Waals surface area (Å²) in [7, 11) is 0. The molecule has 0 aromatic heterocycles. The fourth-order valence-corrected chi connectivity index (χ4v) is 2.50. The average molecular weight is 220 g/mol. The molecule has 0 spiro atoms. The Kier molecular flexibility index (Phi) is 3.13. The van der Waals surface area contributed by atoms with Crippen molar-refractivity contribution in [2.75, 3.05) is 0 Å². The molecular formula is C13H16O3. The van der Waals surface area contributed by atoms with Gasteiger partial charge in [-0.05, 0) is 42.5 Å². The van der Waals surface area contributed by atoms with Gasteiger partial charge in [0, 0.05) is 0 Å². The van der Waals surface area contributed by atoms with Gasteiger partial charge in [-0.1, -0.05) is 19.3 Å². The van der Waals surface area contributed by atoms with Crippen molar-refractivity contribution in [2.45, 2.75) is 38.0 Å². The molecule has 0 unspecified atom stereocenters. The van der Waals surface area contributed by atoms with Crippen molar-refractivity contribution in [3.05, 3.63) is 29.3 Å². The number of hydrogen-bond acceptors (Lipinski definition) is 2. The third-order valence-electron chi connectivity index (χ3n) is 3.31. The summed E-state index contributed by atoms with van der Waals surface area (Å²) in [5.74, 6) is -0.446. The highest BCUT2D eigenvalue weighted by Crippen LogP contribution is 2.35. The van der Waals surface area contributed by atoms with Gasteiger partial charge in [0.1, 0.15) is 5.75 Å². The molecule has 0 atom stereocenters. The molecule has 16 heavy (non-hydrogen) atoms. The molecule has 1 aliphatic carbocycles. The summed E-state index contributed by atoms with van der Waals surface area (Å²) in [5.41, 5.74) is 1.14. The molecule has 0 aliphatic heterocycles. The fourth-order valence-electron chi connectivity index (χ4n) is 2.50. The Morgan fingerprint density at radius 3 is 2.50 bits per heavy atom. The third-order valence-corrected chi connectivity index (χ3v) is 3.31. The summed E-state index contributed by atoms with van der Waals surface area (Å²) in [6, 6.07) is 4.55. The van der Waals surface area contributed by atoms with Crippen molar-refractivity contribution < 1.29 is 15.0 Å². The Bertz CT molecular complexity index is 392. The van der Waals surface area contributed by atoms with Gasteiger partial charge in [-0.2, -0.15) is 0 Å². The van der Waals surface area contributed by atoms with Crippen molar-refractivity contribution >= 4 is 5.97 Å². The SMILES string of the molecule is O=C(O)c1ccc(O)cc1C1CCCCC1. The first-order chi connectivity index (χ1) is 7.68. The Balaban J connectivity index is 2.36. The highest BCUT2D eigenvalue weighted by atomic mass is 16.4. The molecule has 2 rings (SSSR count). The molecule has 3 nitrogen and oxygen atoms in total. The van der Waals surface area contributed by atoms with Crippen molar-refractivity contribution in [3.63, 3.8) is 0 Å². The highest BCUT2D eigenvalue weighted by molar-refractivity contribution is 5.89. The first-order valence-electron chi connectivity index (χ1n) is 5.74. The molecule has 0 heterocycles. The van der Waals surface area contributed by atoms with Crippen LogP contribution in [0.3, 0.4) is 0 Å². The fraction of sp³-hybridized carbons (Fsp3) is 0.462. The quantitative estimate of drug-likeness (QED) is 0.805. The number of phenolic OH excluding ortho intramolecular Hbond substituents is 1. The number of aromatic hydroxyl groups is 1. The van der Waals surface area contributed by atoms with Gasteiger partial charge in [-0.3, -0.25) is 0 Å².